The van der Waals surface area contributed by atoms with Gasteiger partial charge in [0.2, 0.25) is 0 Å². The lowest BCUT2D eigenvalue weighted by Crippen LogP contribution is -2.60. The number of hydrogen-bond acceptors (Lipinski definition) is 9. The van der Waals surface area contributed by atoms with Crippen molar-refractivity contribution in [2.45, 2.75) is 26.1 Å². The van der Waals surface area contributed by atoms with E-state index in [1.165, 1.54) is 11.3 Å². The number of anilines is 1. The van der Waals surface area contributed by atoms with Crippen LogP contribution in [-0.2, 0) is 0 Å². The van der Waals surface area contributed by atoms with Crippen LogP contribution in [-0.4, -0.2) is 52.5 Å². The lowest BCUT2D eigenvalue weighted by atomic mass is 10.1. The number of hydrogen-bond donors (Lipinski definition) is 3. The zero-order valence-corrected chi connectivity index (χ0v) is 17.7. The van der Waals surface area contributed by atoms with Gasteiger partial charge in [0, 0.05) is 24.5 Å². The molecule has 3 heterocycles. The molecule has 30 heavy (non-hydrogen) atoms. The molecule has 9 nitrogen and oxygen atoms in total. The first-order valence-electron chi connectivity index (χ1n) is 9.44. The van der Waals surface area contributed by atoms with Crippen LogP contribution in [0.2, 0.25) is 0 Å². The number of aromatic nitrogens is 2. The van der Waals surface area contributed by atoms with E-state index >= 15 is 0 Å². The van der Waals surface area contributed by atoms with Crippen LogP contribution < -0.4 is 20.5 Å². The molecule has 0 aliphatic carbocycles. The van der Waals surface area contributed by atoms with E-state index < -0.39 is 12.3 Å². The van der Waals surface area contributed by atoms with Gasteiger partial charge in [-0.2, -0.15) is 5.10 Å². The monoisotopic (exact) mass is 429 g/mol. The predicted molar refractivity (Wildman–Crippen MR) is 114 cm³/mol. The minimum absolute atomic E-state index is 0.0676. The Balaban J connectivity index is 1.34. The van der Waals surface area contributed by atoms with E-state index in [2.05, 4.69) is 15.5 Å². The second-order valence-electron chi connectivity index (χ2n) is 7.19. The number of rotatable bonds is 5. The van der Waals surface area contributed by atoms with Gasteiger partial charge < -0.3 is 25.2 Å². The third-order valence-corrected chi connectivity index (χ3v) is 6.35. The molecule has 1 fully saturated rings. The van der Waals surface area contributed by atoms with E-state index in [4.69, 9.17) is 15.2 Å². The number of benzene rings is 1. The second-order valence-corrected chi connectivity index (χ2v) is 8.22. The molecule has 1 aliphatic heterocycles. The van der Waals surface area contributed by atoms with Crippen molar-refractivity contribution < 1.29 is 19.4 Å². The normalized spacial score (nSPS) is 15.1. The largest absolute Gasteiger partial charge is 0.497 e. The highest BCUT2D eigenvalue weighted by Gasteiger charge is 2.34. The van der Waals surface area contributed by atoms with Gasteiger partial charge in [-0.15, -0.1) is 16.4 Å². The topological polar surface area (TPSA) is 123 Å². The zero-order valence-electron chi connectivity index (χ0n) is 16.9. The first-order chi connectivity index (χ1) is 14.4. The first-order valence-corrected chi connectivity index (χ1v) is 10.3. The average Bonchev–Trinajstić information content (AvgIpc) is 3.04. The van der Waals surface area contributed by atoms with Crippen molar-refractivity contribution in [3.05, 3.63) is 40.4 Å². The van der Waals surface area contributed by atoms with Crippen LogP contribution in [0.3, 0.4) is 0 Å². The quantitative estimate of drug-likeness (QED) is 0.528. The van der Waals surface area contributed by atoms with E-state index in [1.54, 1.807) is 36.3 Å². The molecule has 0 radical (unpaired) electrons. The molecule has 0 spiro atoms. The molecule has 10 heteroatoms. The van der Waals surface area contributed by atoms with Crippen LogP contribution in [0.1, 0.15) is 22.4 Å². The first kappa shape index (κ1) is 20.3. The molecule has 1 aliphatic rings. The summed E-state index contributed by atoms with van der Waals surface area (Å²) in [7, 11) is 1.57. The van der Waals surface area contributed by atoms with Gasteiger partial charge in [-0.05, 0) is 43.7 Å². The summed E-state index contributed by atoms with van der Waals surface area (Å²) in [5.74, 6) is 1.14. The molecule has 1 atom stereocenters. The van der Waals surface area contributed by atoms with E-state index in [0.717, 1.165) is 16.6 Å². The molecule has 2 aromatic heterocycles. The molecule has 1 aromatic carbocycles. The number of methoxy groups -OCH3 is 1. The number of carbonyl (C=O) groups excluding carboxylic acids is 1. The van der Waals surface area contributed by atoms with Gasteiger partial charge in [-0.1, -0.05) is 0 Å². The van der Waals surface area contributed by atoms with Gasteiger partial charge >= 0.3 is 6.09 Å². The maximum absolute atomic E-state index is 12.2. The van der Waals surface area contributed by atoms with Crippen molar-refractivity contribution in [2.24, 2.45) is 0 Å². The fourth-order valence-electron chi connectivity index (χ4n) is 3.30. The number of likely N-dealkylation sites (tertiary alicyclic amines) is 1. The van der Waals surface area contributed by atoms with Crippen LogP contribution >= 0.6 is 11.3 Å². The van der Waals surface area contributed by atoms with Crippen molar-refractivity contribution in [2.75, 3.05) is 25.9 Å². The highest BCUT2D eigenvalue weighted by atomic mass is 32.1. The van der Waals surface area contributed by atoms with E-state index in [-0.39, 0.29) is 6.04 Å². The van der Waals surface area contributed by atoms with Gasteiger partial charge in [-0.25, -0.2) is 4.79 Å². The Labute approximate surface area is 177 Å². The molecule has 1 unspecified atom stereocenters. The minimum Gasteiger partial charge on any atom is -0.497 e. The number of nitrogen functional groups attached to an aromatic ring is 1. The molecule has 3 aromatic rings. The SMILES string of the molecule is COc1ccc(OC(=O)N2CC(NC(O)c3sc4nnc(C)c(C)c4c3N)C2)cc1. The summed E-state index contributed by atoms with van der Waals surface area (Å²) in [5.41, 5.74) is 8.56. The number of aliphatic hydroxyl groups is 1. The van der Waals surface area contributed by atoms with Crippen molar-refractivity contribution in [1.82, 2.24) is 20.4 Å². The third-order valence-electron chi connectivity index (χ3n) is 5.21. The van der Waals surface area contributed by atoms with Crippen molar-refractivity contribution in [3.63, 3.8) is 0 Å². The molecule has 4 rings (SSSR count). The molecule has 0 bridgehead atoms. The Kier molecular flexibility index (Phi) is 5.46. The highest BCUT2D eigenvalue weighted by Crippen LogP contribution is 2.38. The summed E-state index contributed by atoms with van der Waals surface area (Å²) in [6, 6.07) is 6.73. The Morgan fingerprint density at radius 1 is 1.27 bits per heavy atom. The van der Waals surface area contributed by atoms with Gasteiger partial charge in [0.05, 0.1) is 23.4 Å². The molecule has 1 amide bonds. The molecule has 158 valence electrons. The predicted octanol–water partition coefficient (Wildman–Crippen LogP) is 2.36. The van der Waals surface area contributed by atoms with Gasteiger partial charge in [-0.3, -0.25) is 5.32 Å². The lowest BCUT2D eigenvalue weighted by Gasteiger charge is -2.39. The number of ether oxygens (including phenoxy) is 2. The maximum Gasteiger partial charge on any atom is 0.415 e. The number of nitrogens with two attached hydrogens (primary N) is 1. The molecule has 0 saturated carbocycles. The number of fused-ring (bicyclic) bond motifs is 1. The molecule has 4 N–H and O–H groups in total. The number of nitrogens with zero attached hydrogens (tertiary/aromatic N) is 3. The average molecular weight is 430 g/mol. The summed E-state index contributed by atoms with van der Waals surface area (Å²) >= 11 is 1.32. The highest BCUT2D eigenvalue weighted by molar-refractivity contribution is 7.19. The van der Waals surface area contributed by atoms with Gasteiger partial charge in [0.25, 0.3) is 0 Å². The number of aliphatic hydroxyl groups excluding tert-OH is 1. The zero-order chi connectivity index (χ0) is 21.4. The second kappa shape index (κ2) is 8.05. The van der Waals surface area contributed by atoms with Crippen LogP contribution in [0.4, 0.5) is 10.5 Å². The number of thiophene rings is 1. The smallest absolute Gasteiger partial charge is 0.415 e. The van der Waals surface area contributed by atoms with Crippen LogP contribution in [0.15, 0.2) is 24.3 Å². The molecular formula is C20H23N5O4S. The molecule has 1 saturated heterocycles. The minimum atomic E-state index is -0.950. The Morgan fingerprint density at radius 2 is 1.93 bits per heavy atom. The maximum atomic E-state index is 12.2. The van der Waals surface area contributed by atoms with E-state index in [9.17, 15) is 9.90 Å². The summed E-state index contributed by atoms with van der Waals surface area (Å²) in [6.45, 7) is 4.67. The third kappa shape index (κ3) is 3.76. The van der Waals surface area contributed by atoms with Crippen LogP contribution in [0.5, 0.6) is 11.5 Å². The van der Waals surface area contributed by atoms with Gasteiger partial charge in [0.1, 0.15) is 22.6 Å². The van der Waals surface area contributed by atoms with Crippen molar-refractivity contribution in [1.29, 1.82) is 0 Å². The fraction of sp³-hybridized carbons (Fsp3) is 0.350. The van der Waals surface area contributed by atoms with E-state index in [0.29, 0.717) is 40.0 Å². The Hall–Kier alpha value is -2.95. The summed E-state index contributed by atoms with van der Waals surface area (Å²) in [6.07, 6.45) is -1.39. The summed E-state index contributed by atoms with van der Waals surface area (Å²) < 4.78 is 10.4. The Morgan fingerprint density at radius 3 is 2.60 bits per heavy atom. The number of nitrogens with one attached hydrogen (secondary N) is 1. The summed E-state index contributed by atoms with van der Waals surface area (Å²) in [5, 5.41) is 22.9. The summed E-state index contributed by atoms with van der Waals surface area (Å²) in [4.78, 5) is 15.1. The number of carbonyl (C=O) groups is 1. The molecular weight excluding hydrogens is 406 g/mol. The fourth-order valence-corrected chi connectivity index (χ4v) is 4.35. The Bertz CT molecular complexity index is 1080. The van der Waals surface area contributed by atoms with Crippen molar-refractivity contribution in [3.8, 4) is 11.5 Å². The van der Waals surface area contributed by atoms with Gasteiger partial charge in [0.15, 0.2) is 0 Å². The van der Waals surface area contributed by atoms with Crippen molar-refractivity contribution >= 4 is 33.3 Å². The number of aryl methyl sites for hydroxylation is 2. The lowest BCUT2D eigenvalue weighted by molar-refractivity contribution is 0.0591. The number of amides is 1. The van der Waals surface area contributed by atoms with Crippen LogP contribution in [0.25, 0.3) is 10.2 Å². The van der Waals surface area contributed by atoms with Crippen LogP contribution in [0, 0.1) is 13.8 Å². The van der Waals surface area contributed by atoms with E-state index in [1.807, 2.05) is 13.8 Å². The standard InChI is InChI=1S/C20H23N5O4S/c1-10-11(2)23-24-19-15(10)16(21)17(30-19)18(26)22-12-8-25(9-12)20(27)29-14-6-4-13(28-3)5-7-14/h4-7,12,18,22,26H,8-9,21H2,1-3H3.